The molecule has 5 nitrogen and oxygen atoms in total. The van der Waals surface area contributed by atoms with Gasteiger partial charge < -0.3 is 10.0 Å². The Bertz CT molecular complexity index is 274. The summed E-state index contributed by atoms with van der Waals surface area (Å²) in [6, 6.07) is 0.174. The summed E-state index contributed by atoms with van der Waals surface area (Å²) in [5.74, 6) is -0.722. The third-order valence-corrected chi connectivity index (χ3v) is 3.02. The minimum atomic E-state index is -0.822. The van der Waals surface area contributed by atoms with Crippen molar-refractivity contribution in [3.8, 4) is 0 Å². The van der Waals surface area contributed by atoms with Crippen molar-refractivity contribution in [2.45, 2.75) is 53.0 Å². The van der Waals surface area contributed by atoms with E-state index in [2.05, 4.69) is 13.8 Å². The van der Waals surface area contributed by atoms with Crippen LogP contribution in [0.4, 0.5) is 0 Å². The van der Waals surface area contributed by atoms with Gasteiger partial charge in [0.05, 0.1) is 13.0 Å². The van der Waals surface area contributed by atoms with Gasteiger partial charge in [-0.1, -0.05) is 13.8 Å². The number of carboxylic acid groups (broad SMARTS) is 1. The maximum Gasteiger partial charge on any atom is 0.304 e. The van der Waals surface area contributed by atoms with Crippen LogP contribution in [-0.2, 0) is 9.59 Å². The number of carbonyl (C=O) groups excluding carboxylic acids is 1. The zero-order chi connectivity index (χ0) is 14.8. The number of aliphatic carboxylic acids is 1. The molecule has 1 N–H and O–H groups in total. The van der Waals surface area contributed by atoms with Gasteiger partial charge in [0.25, 0.3) is 0 Å². The second-order valence-corrected chi connectivity index (χ2v) is 5.09. The number of hydrogen-bond donors (Lipinski definition) is 1. The molecule has 0 atom stereocenters. The van der Waals surface area contributed by atoms with E-state index in [-0.39, 0.29) is 18.4 Å². The first kappa shape index (κ1) is 17.9. The standard InChI is InChI=1S/C14H28N2O3/c1-5-8-15(9-6-2)13(17)11-16(12(3)4)10-7-14(18)19/h12H,5-11H2,1-4H3,(H,18,19). The molecular weight excluding hydrogens is 244 g/mol. The zero-order valence-corrected chi connectivity index (χ0v) is 12.7. The number of hydrogen-bond acceptors (Lipinski definition) is 3. The number of rotatable bonds is 10. The summed E-state index contributed by atoms with van der Waals surface area (Å²) >= 11 is 0. The van der Waals surface area contributed by atoms with Gasteiger partial charge in [-0.15, -0.1) is 0 Å². The van der Waals surface area contributed by atoms with Crippen molar-refractivity contribution in [1.82, 2.24) is 9.80 Å². The predicted molar refractivity (Wildman–Crippen MR) is 76.1 cm³/mol. The van der Waals surface area contributed by atoms with Gasteiger partial charge in [-0.2, -0.15) is 0 Å². The first-order valence-electron chi connectivity index (χ1n) is 7.15. The van der Waals surface area contributed by atoms with Crippen LogP contribution in [0.15, 0.2) is 0 Å². The molecule has 0 aliphatic carbocycles. The lowest BCUT2D eigenvalue weighted by molar-refractivity contribution is -0.139. The van der Waals surface area contributed by atoms with E-state index in [0.29, 0.717) is 13.1 Å². The monoisotopic (exact) mass is 272 g/mol. The first-order valence-corrected chi connectivity index (χ1v) is 7.15. The number of carboxylic acids is 1. The van der Waals surface area contributed by atoms with Crippen LogP contribution in [0.3, 0.4) is 0 Å². The van der Waals surface area contributed by atoms with Crippen molar-refractivity contribution in [3.05, 3.63) is 0 Å². The van der Waals surface area contributed by atoms with Crippen molar-refractivity contribution in [1.29, 1.82) is 0 Å². The van der Waals surface area contributed by atoms with Crippen LogP contribution < -0.4 is 0 Å². The minimum Gasteiger partial charge on any atom is -0.481 e. The molecule has 0 aromatic rings. The fourth-order valence-corrected chi connectivity index (χ4v) is 1.93. The molecule has 0 heterocycles. The van der Waals surface area contributed by atoms with Gasteiger partial charge in [-0.25, -0.2) is 0 Å². The third kappa shape index (κ3) is 7.82. The number of nitrogens with zero attached hydrogens (tertiary/aromatic N) is 2. The molecule has 0 aromatic carbocycles. The summed E-state index contributed by atoms with van der Waals surface area (Å²) in [4.78, 5) is 26.6. The summed E-state index contributed by atoms with van der Waals surface area (Å²) in [5.41, 5.74) is 0. The molecule has 112 valence electrons. The Morgan fingerprint density at radius 3 is 1.95 bits per heavy atom. The summed E-state index contributed by atoms with van der Waals surface area (Å²) in [5, 5.41) is 8.73. The van der Waals surface area contributed by atoms with Crippen LogP contribution in [-0.4, -0.2) is 59.0 Å². The fourth-order valence-electron chi connectivity index (χ4n) is 1.93. The number of carbonyl (C=O) groups is 2. The molecule has 0 fully saturated rings. The Morgan fingerprint density at radius 2 is 1.58 bits per heavy atom. The lowest BCUT2D eigenvalue weighted by Crippen LogP contribution is -2.44. The summed E-state index contributed by atoms with van der Waals surface area (Å²) in [6.45, 7) is 10.4. The maximum absolute atomic E-state index is 12.2. The van der Waals surface area contributed by atoms with E-state index in [1.54, 1.807) is 0 Å². The van der Waals surface area contributed by atoms with E-state index >= 15 is 0 Å². The molecule has 0 spiro atoms. The molecule has 5 heteroatoms. The fraction of sp³-hybridized carbons (Fsp3) is 0.857. The van der Waals surface area contributed by atoms with Crippen LogP contribution in [0, 0.1) is 0 Å². The average Bonchev–Trinajstić information content (AvgIpc) is 2.33. The van der Waals surface area contributed by atoms with Crippen molar-refractivity contribution in [3.63, 3.8) is 0 Å². The largest absolute Gasteiger partial charge is 0.481 e. The predicted octanol–water partition coefficient (Wildman–Crippen LogP) is 1.82. The molecule has 19 heavy (non-hydrogen) atoms. The van der Waals surface area contributed by atoms with Crippen LogP contribution in [0.5, 0.6) is 0 Å². The number of amides is 1. The zero-order valence-electron chi connectivity index (χ0n) is 12.7. The Labute approximate surface area is 116 Å². The van der Waals surface area contributed by atoms with Gasteiger partial charge in [-0.3, -0.25) is 14.5 Å². The molecule has 0 radical (unpaired) electrons. The quantitative estimate of drug-likeness (QED) is 0.659. The van der Waals surface area contributed by atoms with Gasteiger partial charge in [0.15, 0.2) is 0 Å². The topological polar surface area (TPSA) is 60.9 Å². The molecule has 0 aliphatic heterocycles. The van der Waals surface area contributed by atoms with E-state index in [1.807, 2.05) is 23.6 Å². The second-order valence-electron chi connectivity index (χ2n) is 5.09. The molecule has 0 rings (SSSR count). The maximum atomic E-state index is 12.2. The highest BCUT2D eigenvalue weighted by molar-refractivity contribution is 5.78. The average molecular weight is 272 g/mol. The molecule has 0 aliphatic rings. The van der Waals surface area contributed by atoms with Gasteiger partial charge in [-0.05, 0) is 26.7 Å². The van der Waals surface area contributed by atoms with Gasteiger partial charge >= 0.3 is 5.97 Å². The molecule has 0 aromatic heterocycles. The Morgan fingerprint density at radius 1 is 1.05 bits per heavy atom. The smallest absolute Gasteiger partial charge is 0.304 e. The third-order valence-electron chi connectivity index (χ3n) is 3.02. The van der Waals surface area contributed by atoms with Gasteiger partial charge in [0, 0.05) is 25.7 Å². The SMILES string of the molecule is CCCN(CCC)C(=O)CN(CCC(=O)O)C(C)C. The second kappa shape index (κ2) is 9.78. The van der Waals surface area contributed by atoms with Crippen LogP contribution in [0.25, 0.3) is 0 Å². The van der Waals surface area contributed by atoms with E-state index in [9.17, 15) is 9.59 Å². The lowest BCUT2D eigenvalue weighted by atomic mass is 10.2. The highest BCUT2D eigenvalue weighted by Crippen LogP contribution is 2.03. The molecule has 0 unspecified atom stereocenters. The molecular formula is C14H28N2O3. The van der Waals surface area contributed by atoms with E-state index in [0.717, 1.165) is 25.9 Å². The van der Waals surface area contributed by atoms with E-state index in [4.69, 9.17) is 5.11 Å². The van der Waals surface area contributed by atoms with Crippen LogP contribution in [0.1, 0.15) is 47.0 Å². The van der Waals surface area contributed by atoms with Crippen LogP contribution in [0.2, 0.25) is 0 Å². The Kier molecular flexibility index (Phi) is 9.21. The summed E-state index contributed by atoms with van der Waals surface area (Å²) in [7, 11) is 0. The minimum absolute atomic E-state index is 0.0764. The van der Waals surface area contributed by atoms with Crippen LogP contribution >= 0.6 is 0 Å². The van der Waals surface area contributed by atoms with Crippen molar-refractivity contribution < 1.29 is 14.7 Å². The Balaban J connectivity index is 4.45. The first-order chi connectivity index (χ1) is 8.92. The van der Waals surface area contributed by atoms with Crippen molar-refractivity contribution in [2.75, 3.05) is 26.2 Å². The summed E-state index contributed by atoms with van der Waals surface area (Å²) in [6.07, 6.45) is 1.97. The molecule has 1 amide bonds. The highest BCUT2D eigenvalue weighted by atomic mass is 16.4. The molecule has 0 bridgehead atoms. The summed E-state index contributed by atoms with van der Waals surface area (Å²) < 4.78 is 0. The van der Waals surface area contributed by atoms with Gasteiger partial charge in [0.1, 0.15) is 0 Å². The van der Waals surface area contributed by atoms with E-state index in [1.165, 1.54) is 0 Å². The van der Waals surface area contributed by atoms with Gasteiger partial charge in [0.2, 0.25) is 5.91 Å². The van der Waals surface area contributed by atoms with Crippen molar-refractivity contribution >= 4 is 11.9 Å². The highest BCUT2D eigenvalue weighted by Gasteiger charge is 2.18. The van der Waals surface area contributed by atoms with E-state index < -0.39 is 5.97 Å². The lowest BCUT2D eigenvalue weighted by Gasteiger charge is -2.29. The Hall–Kier alpha value is -1.10. The molecule has 0 saturated carbocycles. The molecule has 0 saturated heterocycles. The normalized spacial score (nSPS) is 11.1. The van der Waals surface area contributed by atoms with Crippen molar-refractivity contribution in [2.24, 2.45) is 0 Å².